The third-order valence-corrected chi connectivity index (χ3v) is 3.76. The Kier molecular flexibility index (Phi) is 4.13. The van der Waals surface area contributed by atoms with E-state index in [0.717, 1.165) is 10.4 Å². The molecule has 0 aliphatic carbocycles. The maximum atomic E-state index is 11.8. The Morgan fingerprint density at radius 3 is 2.67 bits per heavy atom. The zero-order valence-corrected chi connectivity index (χ0v) is 10.5. The van der Waals surface area contributed by atoms with Crippen LogP contribution in [0.15, 0.2) is 17.5 Å². The number of hydrogen-bond donors (Lipinski definition) is 3. The summed E-state index contributed by atoms with van der Waals surface area (Å²) < 4.78 is 0. The molecule has 2 rings (SSSR count). The molecule has 1 amide bonds. The Hall–Kier alpha value is -1.21. The van der Waals surface area contributed by atoms with Crippen molar-refractivity contribution < 1.29 is 20.1 Å². The van der Waals surface area contributed by atoms with E-state index >= 15 is 0 Å². The zero-order valence-electron chi connectivity index (χ0n) is 9.69. The lowest BCUT2D eigenvalue weighted by molar-refractivity contribution is -0.125. The van der Waals surface area contributed by atoms with Crippen LogP contribution in [-0.4, -0.2) is 51.4 Å². The minimum absolute atomic E-state index is 0.0111. The summed E-state index contributed by atoms with van der Waals surface area (Å²) in [4.78, 5) is 14.0. The van der Waals surface area contributed by atoms with Gasteiger partial charge in [-0.3, -0.25) is 4.79 Å². The highest BCUT2D eigenvalue weighted by Gasteiger charge is 2.31. The first-order valence-corrected chi connectivity index (χ1v) is 6.49. The van der Waals surface area contributed by atoms with Gasteiger partial charge in [-0.05, 0) is 23.1 Å². The van der Waals surface area contributed by atoms with Gasteiger partial charge in [0, 0.05) is 24.0 Å². The molecule has 1 saturated heterocycles. The summed E-state index contributed by atoms with van der Waals surface area (Å²) in [6, 6.07) is 1.81. The Morgan fingerprint density at radius 1 is 1.44 bits per heavy atom. The largest absolute Gasteiger partial charge is 0.392 e. The summed E-state index contributed by atoms with van der Waals surface area (Å²) in [5.41, 5.74) is 0.819. The third-order valence-electron chi connectivity index (χ3n) is 2.82. The molecule has 5 nitrogen and oxygen atoms in total. The summed E-state index contributed by atoms with van der Waals surface area (Å²) >= 11 is 1.44. The fourth-order valence-corrected chi connectivity index (χ4v) is 2.57. The molecule has 1 aliphatic heterocycles. The van der Waals surface area contributed by atoms with Gasteiger partial charge < -0.3 is 20.2 Å². The lowest BCUT2D eigenvalue weighted by Gasteiger charge is -2.11. The molecule has 0 unspecified atom stereocenters. The van der Waals surface area contributed by atoms with Crippen LogP contribution in [0.25, 0.3) is 6.08 Å². The molecule has 0 saturated carbocycles. The summed E-state index contributed by atoms with van der Waals surface area (Å²) in [6.07, 6.45) is 1.37. The molecule has 0 spiro atoms. The van der Waals surface area contributed by atoms with Crippen molar-refractivity contribution in [3.63, 3.8) is 0 Å². The van der Waals surface area contributed by atoms with Gasteiger partial charge in [0.05, 0.1) is 18.8 Å². The molecule has 3 N–H and O–H groups in total. The Bertz CT molecular complexity index is 447. The van der Waals surface area contributed by atoms with Gasteiger partial charge in [-0.25, -0.2) is 0 Å². The SMILES string of the molecule is O=C(/C=C/c1cc(CO)cs1)N1C[C@@H](O)[C@H](O)C1. The topological polar surface area (TPSA) is 81.0 Å². The molecule has 1 fully saturated rings. The van der Waals surface area contributed by atoms with Gasteiger partial charge in [0.1, 0.15) is 0 Å². The fourth-order valence-electron chi connectivity index (χ4n) is 1.77. The van der Waals surface area contributed by atoms with Crippen molar-refractivity contribution in [1.29, 1.82) is 0 Å². The molecule has 2 heterocycles. The standard InChI is InChI=1S/C12H15NO4S/c14-6-8-3-9(18-7-8)1-2-12(17)13-4-10(15)11(16)5-13/h1-3,7,10-11,14-16H,4-6H2/b2-1+/t10-,11-/m1/s1. The van der Waals surface area contributed by atoms with Crippen LogP contribution in [0.3, 0.4) is 0 Å². The number of hydrogen-bond acceptors (Lipinski definition) is 5. The molecule has 98 valence electrons. The summed E-state index contributed by atoms with van der Waals surface area (Å²) in [5, 5.41) is 29.4. The van der Waals surface area contributed by atoms with E-state index in [1.165, 1.54) is 22.3 Å². The lowest BCUT2D eigenvalue weighted by Crippen LogP contribution is -2.27. The molecular weight excluding hydrogens is 254 g/mol. The third kappa shape index (κ3) is 2.97. The Morgan fingerprint density at radius 2 is 2.11 bits per heavy atom. The van der Waals surface area contributed by atoms with E-state index in [0.29, 0.717) is 0 Å². The van der Waals surface area contributed by atoms with E-state index in [1.807, 2.05) is 11.4 Å². The molecule has 1 aliphatic rings. The number of likely N-dealkylation sites (tertiary alicyclic amines) is 1. The molecule has 0 bridgehead atoms. The first-order chi connectivity index (χ1) is 8.60. The van der Waals surface area contributed by atoms with Crippen molar-refractivity contribution >= 4 is 23.3 Å². The molecule has 1 aromatic rings. The molecule has 18 heavy (non-hydrogen) atoms. The Labute approximate surface area is 109 Å². The molecule has 2 atom stereocenters. The van der Waals surface area contributed by atoms with Crippen molar-refractivity contribution in [2.75, 3.05) is 13.1 Å². The quantitative estimate of drug-likeness (QED) is 0.665. The zero-order chi connectivity index (χ0) is 13.1. The van der Waals surface area contributed by atoms with Gasteiger partial charge in [0.25, 0.3) is 0 Å². The minimum atomic E-state index is -0.856. The van der Waals surface area contributed by atoms with Gasteiger partial charge in [-0.1, -0.05) is 0 Å². The maximum absolute atomic E-state index is 11.8. The first kappa shape index (κ1) is 13.2. The number of nitrogens with zero attached hydrogens (tertiary/aromatic N) is 1. The van der Waals surface area contributed by atoms with Gasteiger partial charge in [0.15, 0.2) is 0 Å². The van der Waals surface area contributed by atoms with E-state index in [1.54, 1.807) is 6.08 Å². The molecule has 0 aromatic carbocycles. The fraction of sp³-hybridized carbons (Fsp3) is 0.417. The second-order valence-corrected chi connectivity index (χ2v) is 5.17. The second-order valence-electron chi connectivity index (χ2n) is 4.23. The monoisotopic (exact) mass is 269 g/mol. The van der Waals surface area contributed by atoms with E-state index in [-0.39, 0.29) is 25.6 Å². The average molecular weight is 269 g/mol. The van der Waals surface area contributed by atoms with Crippen molar-refractivity contribution in [3.05, 3.63) is 28.0 Å². The van der Waals surface area contributed by atoms with E-state index < -0.39 is 12.2 Å². The number of aliphatic hydroxyl groups excluding tert-OH is 3. The van der Waals surface area contributed by atoms with Crippen LogP contribution in [0.1, 0.15) is 10.4 Å². The summed E-state index contributed by atoms with van der Waals surface area (Å²) in [7, 11) is 0. The second kappa shape index (κ2) is 5.62. The summed E-state index contributed by atoms with van der Waals surface area (Å²) in [5.74, 6) is -0.232. The predicted octanol–water partition coefficient (Wildman–Crippen LogP) is -0.182. The number of amides is 1. The van der Waals surface area contributed by atoms with Gasteiger partial charge in [-0.2, -0.15) is 0 Å². The molecule has 1 aromatic heterocycles. The average Bonchev–Trinajstić information content (AvgIpc) is 2.94. The number of carbonyl (C=O) groups excluding carboxylic acids is 1. The van der Waals surface area contributed by atoms with Crippen molar-refractivity contribution in [2.24, 2.45) is 0 Å². The smallest absolute Gasteiger partial charge is 0.246 e. The Balaban J connectivity index is 1.95. The number of rotatable bonds is 3. The molecule has 6 heteroatoms. The summed E-state index contributed by atoms with van der Waals surface area (Å²) in [6.45, 7) is 0.316. The van der Waals surface area contributed by atoms with E-state index in [4.69, 9.17) is 5.11 Å². The van der Waals surface area contributed by atoms with Crippen LogP contribution in [0, 0.1) is 0 Å². The number of aliphatic hydroxyl groups is 3. The van der Waals surface area contributed by atoms with Crippen molar-refractivity contribution in [2.45, 2.75) is 18.8 Å². The van der Waals surface area contributed by atoms with Crippen LogP contribution in [0.4, 0.5) is 0 Å². The van der Waals surface area contributed by atoms with Gasteiger partial charge in [-0.15, -0.1) is 11.3 Å². The van der Waals surface area contributed by atoms with Crippen molar-refractivity contribution in [3.8, 4) is 0 Å². The van der Waals surface area contributed by atoms with E-state index in [2.05, 4.69) is 0 Å². The van der Waals surface area contributed by atoms with Crippen LogP contribution < -0.4 is 0 Å². The highest BCUT2D eigenvalue weighted by Crippen LogP contribution is 2.17. The van der Waals surface area contributed by atoms with Crippen LogP contribution in [0.2, 0.25) is 0 Å². The lowest BCUT2D eigenvalue weighted by atomic mass is 10.3. The van der Waals surface area contributed by atoms with E-state index in [9.17, 15) is 15.0 Å². The number of β-amino-alcohol motifs (C(OH)–C–C–N with tert-alkyl or cyclic N) is 2. The van der Waals surface area contributed by atoms with Gasteiger partial charge >= 0.3 is 0 Å². The highest BCUT2D eigenvalue weighted by atomic mass is 32.1. The van der Waals surface area contributed by atoms with Crippen LogP contribution in [0.5, 0.6) is 0 Å². The maximum Gasteiger partial charge on any atom is 0.246 e. The minimum Gasteiger partial charge on any atom is -0.392 e. The van der Waals surface area contributed by atoms with Crippen LogP contribution in [-0.2, 0) is 11.4 Å². The number of thiophene rings is 1. The highest BCUT2D eigenvalue weighted by molar-refractivity contribution is 7.11. The normalized spacial score (nSPS) is 24.1. The van der Waals surface area contributed by atoms with Gasteiger partial charge in [0.2, 0.25) is 5.91 Å². The van der Waals surface area contributed by atoms with Crippen LogP contribution >= 0.6 is 11.3 Å². The van der Waals surface area contributed by atoms with Crippen molar-refractivity contribution in [1.82, 2.24) is 4.90 Å². The first-order valence-electron chi connectivity index (χ1n) is 5.61. The predicted molar refractivity (Wildman–Crippen MR) is 67.9 cm³/mol. The number of carbonyl (C=O) groups is 1. The molecule has 0 radical (unpaired) electrons. The molecular formula is C12H15NO4S.